The second kappa shape index (κ2) is 4.04. The maximum Gasteiger partial charge on any atom is 0.193 e. The summed E-state index contributed by atoms with van der Waals surface area (Å²) in [7, 11) is 0. The quantitative estimate of drug-likeness (QED) is 0.430. The van der Waals surface area contributed by atoms with Crippen molar-refractivity contribution in [2.75, 3.05) is 0 Å². The molecular formula is C15H8OS. The van der Waals surface area contributed by atoms with E-state index in [0.717, 1.165) is 5.56 Å². The van der Waals surface area contributed by atoms with E-state index < -0.39 is 0 Å². The van der Waals surface area contributed by atoms with Gasteiger partial charge in [-0.1, -0.05) is 24.1 Å². The van der Waals surface area contributed by atoms with E-state index in [0.29, 0.717) is 6.29 Å². The number of thiophene rings is 1. The molecule has 0 spiro atoms. The second-order valence-corrected chi connectivity index (χ2v) is 4.78. The molecule has 1 aromatic heterocycles. The predicted molar refractivity (Wildman–Crippen MR) is 72.3 cm³/mol. The van der Waals surface area contributed by atoms with E-state index >= 15 is 0 Å². The number of carbonyl (C=O) groups is 1. The van der Waals surface area contributed by atoms with Crippen molar-refractivity contribution in [2.45, 2.75) is 0 Å². The summed E-state index contributed by atoms with van der Waals surface area (Å²) in [6, 6.07) is 14.4. The summed E-state index contributed by atoms with van der Waals surface area (Å²) in [6.07, 6.45) is 0.621. The maximum absolute atomic E-state index is 10.2. The fourth-order valence-corrected chi connectivity index (χ4v) is 3.00. The van der Waals surface area contributed by atoms with E-state index in [1.54, 1.807) is 11.3 Å². The van der Waals surface area contributed by atoms with Gasteiger partial charge in [0.05, 0.1) is 0 Å². The average Bonchev–Trinajstić information content (AvgIpc) is 2.74. The van der Waals surface area contributed by atoms with Crippen molar-refractivity contribution in [3.05, 3.63) is 48.0 Å². The smallest absolute Gasteiger partial charge is 0.193 e. The van der Waals surface area contributed by atoms with Crippen LogP contribution in [0.1, 0.15) is 5.56 Å². The van der Waals surface area contributed by atoms with Crippen LogP contribution in [0.15, 0.2) is 42.5 Å². The van der Waals surface area contributed by atoms with Gasteiger partial charge < -0.3 is 0 Å². The number of aldehydes is 1. The number of rotatable bonds is 0. The monoisotopic (exact) mass is 236 g/mol. The van der Waals surface area contributed by atoms with Crippen LogP contribution in [-0.4, -0.2) is 6.29 Å². The Kier molecular flexibility index (Phi) is 2.40. The molecule has 0 aliphatic carbocycles. The highest BCUT2D eigenvalue weighted by Crippen LogP contribution is 2.33. The van der Waals surface area contributed by atoms with Crippen LogP contribution in [0, 0.1) is 11.8 Å². The molecule has 0 radical (unpaired) electrons. The largest absolute Gasteiger partial charge is 0.289 e. The molecule has 2 aromatic carbocycles. The highest BCUT2D eigenvalue weighted by Gasteiger charge is 2.03. The van der Waals surface area contributed by atoms with Crippen LogP contribution < -0.4 is 0 Å². The van der Waals surface area contributed by atoms with Gasteiger partial charge in [0, 0.05) is 25.7 Å². The lowest BCUT2D eigenvalue weighted by Crippen LogP contribution is -1.73. The van der Waals surface area contributed by atoms with Gasteiger partial charge in [-0.15, -0.1) is 11.3 Å². The number of benzene rings is 2. The third-order valence-corrected chi connectivity index (χ3v) is 3.80. The van der Waals surface area contributed by atoms with Crippen molar-refractivity contribution in [2.24, 2.45) is 0 Å². The van der Waals surface area contributed by atoms with Gasteiger partial charge in [-0.05, 0) is 30.2 Å². The molecule has 0 saturated heterocycles. The van der Waals surface area contributed by atoms with Gasteiger partial charge >= 0.3 is 0 Å². The fourth-order valence-electron chi connectivity index (χ4n) is 1.92. The second-order valence-electron chi connectivity index (χ2n) is 3.70. The summed E-state index contributed by atoms with van der Waals surface area (Å²) in [4.78, 5) is 10.2. The summed E-state index contributed by atoms with van der Waals surface area (Å²) in [5, 5.41) is 2.46. The first-order chi connectivity index (χ1) is 8.38. The Morgan fingerprint density at radius 3 is 2.71 bits per heavy atom. The molecule has 0 amide bonds. The fraction of sp³-hybridized carbons (Fsp3) is 0. The van der Waals surface area contributed by atoms with E-state index in [1.807, 2.05) is 24.3 Å². The van der Waals surface area contributed by atoms with Gasteiger partial charge in [0.25, 0.3) is 0 Å². The van der Waals surface area contributed by atoms with Crippen molar-refractivity contribution < 1.29 is 4.79 Å². The van der Waals surface area contributed by atoms with Gasteiger partial charge in [0.15, 0.2) is 6.29 Å². The highest BCUT2D eigenvalue weighted by molar-refractivity contribution is 7.25. The van der Waals surface area contributed by atoms with Crippen LogP contribution in [0.2, 0.25) is 0 Å². The molecule has 3 aromatic rings. The standard InChI is InChI=1S/C15H8OS/c16-9-3-4-11-7-8-15-13(10-11)12-5-1-2-6-14(12)17-15/h1-2,5-10H. The zero-order valence-corrected chi connectivity index (χ0v) is 9.75. The Morgan fingerprint density at radius 1 is 1.00 bits per heavy atom. The Balaban J connectivity index is 2.33. The summed E-state index contributed by atoms with van der Waals surface area (Å²) >= 11 is 1.78. The number of fused-ring (bicyclic) bond motifs is 3. The van der Waals surface area contributed by atoms with E-state index in [4.69, 9.17) is 0 Å². The molecule has 1 heterocycles. The third kappa shape index (κ3) is 1.71. The van der Waals surface area contributed by atoms with Crippen molar-refractivity contribution in [3.8, 4) is 11.8 Å². The maximum atomic E-state index is 10.2. The van der Waals surface area contributed by atoms with Gasteiger partial charge in [0.1, 0.15) is 0 Å². The van der Waals surface area contributed by atoms with Gasteiger partial charge in [-0.25, -0.2) is 0 Å². The minimum atomic E-state index is 0.621. The Hall–Kier alpha value is -2.11. The van der Waals surface area contributed by atoms with E-state index in [-0.39, 0.29) is 0 Å². The summed E-state index contributed by atoms with van der Waals surface area (Å²) in [5.41, 5.74) is 0.883. The van der Waals surface area contributed by atoms with Crippen molar-refractivity contribution in [1.29, 1.82) is 0 Å². The number of hydrogen-bond donors (Lipinski definition) is 0. The first-order valence-electron chi connectivity index (χ1n) is 5.25. The Labute approximate surface area is 103 Å². The highest BCUT2D eigenvalue weighted by atomic mass is 32.1. The minimum absolute atomic E-state index is 0.621. The molecule has 1 nitrogen and oxygen atoms in total. The molecule has 0 aliphatic heterocycles. The van der Waals surface area contributed by atoms with E-state index in [1.165, 1.54) is 20.2 Å². The van der Waals surface area contributed by atoms with E-state index in [9.17, 15) is 4.79 Å². The van der Waals surface area contributed by atoms with Crippen molar-refractivity contribution in [3.63, 3.8) is 0 Å². The SMILES string of the molecule is O=CC#Cc1ccc2sc3ccccc3c2c1. The minimum Gasteiger partial charge on any atom is -0.289 e. The number of hydrogen-bond acceptors (Lipinski definition) is 2. The summed E-state index contributed by atoms with van der Waals surface area (Å²) < 4.78 is 2.53. The molecule has 0 unspecified atom stereocenters. The zero-order valence-electron chi connectivity index (χ0n) is 8.94. The molecule has 2 heteroatoms. The molecule has 0 N–H and O–H groups in total. The Morgan fingerprint density at radius 2 is 1.82 bits per heavy atom. The molecule has 0 fully saturated rings. The topological polar surface area (TPSA) is 17.1 Å². The molecule has 3 rings (SSSR count). The Bertz CT molecular complexity index is 772. The lowest BCUT2D eigenvalue weighted by atomic mass is 10.1. The molecule has 17 heavy (non-hydrogen) atoms. The summed E-state index contributed by atoms with van der Waals surface area (Å²) in [6.45, 7) is 0. The molecular weight excluding hydrogens is 228 g/mol. The van der Waals surface area contributed by atoms with Crippen molar-refractivity contribution in [1.82, 2.24) is 0 Å². The third-order valence-electron chi connectivity index (χ3n) is 2.65. The summed E-state index contributed by atoms with van der Waals surface area (Å²) in [5.74, 6) is 5.27. The molecule has 80 valence electrons. The predicted octanol–water partition coefficient (Wildman–Crippen LogP) is 3.60. The van der Waals surface area contributed by atoms with Crippen molar-refractivity contribution >= 4 is 37.8 Å². The number of carbonyl (C=O) groups excluding carboxylic acids is 1. The van der Waals surface area contributed by atoms with Crippen LogP contribution in [0.5, 0.6) is 0 Å². The van der Waals surface area contributed by atoms with Crippen LogP contribution >= 0.6 is 11.3 Å². The van der Waals surface area contributed by atoms with Gasteiger partial charge in [-0.3, -0.25) is 4.79 Å². The van der Waals surface area contributed by atoms with Crippen LogP contribution in [-0.2, 0) is 4.79 Å². The zero-order chi connectivity index (χ0) is 11.7. The lowest BCUT2D eigenvalue weighted by molar-refractivity contribution is -0.103. The molecule has 0 atom stereocenters. The molecule has 0 aliphatic rings. The van der Waals surface area contributed by atoms with Gasteiger partial charge in [-0.2, -0.15) is 0 Å². The van der Waals surface area contributed by atoms with Crippen LogP contribution in [0.25, 0.3) is 20.2 Å². The normalized spacial score (nSPS) is 10.1. The average molecular weight is 236 g/mol. The molecule has 0 saturated carbocycles. The first-order valence-corrected chi connectivity index (χ1v) is 6.06. The van der Waals surface area contributed by atoms with E-state index in [2.05, 4.69) is 30.0 Å². The van der Waals surface area contributed by atoms with Crippen LogP contribution in [0.3, 0.4) is 0 Å². The van der Waals surface area contributed by atoms with Gasteiger partial charge in [0.2, 0.25) is 0 Å². The van der Waals surface area contributed by atoms with Crippen LogP contribution in [0.4, 0.5) is 0 Å². The lowest BCUT2D eigenvalue weighted by Gasteiger charge is -1.92. The first kappa shape index (κ1) is 10.1. The molecule has 0 bridgehead atoms.